The van der Waals surface area contributed by atoms with E-state index in [1.165, 1.54) is 4.90 Å². The van der Waals surface area contributed by atoms with Gasteiger partial charge in [-0.25, -0.2) is 0 Å². The fourth-order valence-electron chi connectivity index (χ4n) is 2.67. The lowest BCUT2D eigenvalue weighted by Crippen LogP contribution is -3.14. The van der Waals surface area contributed by atoms with Gasteiger partial charge in [0.25, 0.3) is 5.91 Å². The van der Waals surface area contributed by atoms with Crippen LogP contribution in [0.3, 0.4) is 0 Å². The maximum atomic E-state index is 12.2. The van der Waals surface area contributed by atoms with Crippen molar-refractivity contribution in [3.05, 3.63) is 35.4 Å². The molecule has 0 radical (unpaired) electrons. The fraction of sp³-hybridized carbons (Fsp3) is 0.500. The number of unbranched alkanes of at least 4 members (excludes halogenated alkanes) is 1. The first-order valence-corrected chi connectivity index (χ1v) is 9.27. The monoisotopic (exact) mass is 358 g/mol. The summed E-state index contributed by atoms with van der Waals surface area (Å²) in [6, 6.07) is 9.40. The van der Waals surface area contributed by atoms with Gasteiger partial charge in [-0.05, 0) is 30.2 Å². The molecule has 1 saturated heterocycles. The number of ether oxygens (including phenoxy) is 2. The summed E-state index contributed by atoms with van der Waals surface area (Å²) in [7, 11) is 0. The second-order valence-electron chi connectivity index (χ2n) is 6.31. The zero-order valence-corrected chi connectivity index (χ0v) is 15.4. The van der Waals surface area contributed by atoms with Crippen LogP contribution in [0, 0.1) is 11.3 Å². The van der Waals surface area contributed by atoms with Crippen LogP contribution in [0.5, 0.6) is 5.75 Å². The van der Waals surface area contributed by atoms with Crippen LogP contribution in [-0.4, -0.2) is 51.9 Å². The Kier molecular flexibility index (Phi) is 8.67. The Hall–Kier alpha value is -2.36. The van der Waals surface area contributed by atoms with Crippen LogP contribution in [0.15, 0.2) is 29.8 Å². The number of benzene rings is 1. The van der Waals surface area contributed by atoms with E-state index in [-0.39, 0.29) is 11.5 Å². The lowest BCUT2D eigenvalue weighted by atomic mass is 10.1. The molecule has 1 aromatic carbocycles. The van der Waals surface area contributed by atoms with Gasteiger partial charge in [0, 0.05) is 0 Å². The van der Waals surface area contributed by atoms with Gasteiger partial charge in [-0.15, -0.1) is 0 Å². The van der Waals surface area contributed by atoms with Crippen molar-refractivity contribution in [2.45, 2.75) is 19.8 Å². The highest BCUT2D eigenvalue weighted by atomic mass is 16.5. The number of nitrogens with zero attached hydrogens (tertiary/aromatic N) is 1. The van der Waals surface area contributed by atoms with Crippen LogP contribution in [0.4, 0.5) is 0 Å². The smallest absolute Gasteiger partial charge is 0.262 e. The summed E-state index contributed by atoms with van der Waals surface area (Å²) >= 11 is 0. The van der Waals surface area contributed by atoms with E-state index in [4.69, 9.17) is 9.47 Å². The Labute approximate surface area is 155 Å². The quantitative estimate of drug-likeness (QED) is 0.389. The van der Waals surface area contributed by atoms with Crippen LogP contribution in [0.2, 0.25) is 0 Å². The molecule has 0 spiro atoms. The lowest BCUT2D eigenvalue weighted by Gasteiger charge is -2.23. The van der Waals surface area contributed by atoms with Crippen LogP contribution >= 0.6 is 0 Å². The Morgan fingerprint density at radius 3 is 2.73 bits per heavy atom. The number of rotatable bonds is 9. The van der Waals surface area contributed by atoms with Gasteiger partial charge < -0.3 is 19.7 Å². The fourth-order valence-corrected chi connectivity index (χ4v) is 2.67. The van der Waals surface area contributed by atoms with E-state index in [2.05, 4.69) is 12.2 Å². The number of amides is 1. The molecule has 1 amide bonds. The van der Waals surface area contributed by atoms with E-state index in [0.29, 0.717) is 13.2 Å². The zero-order chi connectivity index (χ0) is 18.6. The van der Waals surface area contributed by atoms with E-state index in [0.717, 1.165) is 57.0 Å². The summed E-state index contributed by atoms with van der Waals surface area (Å²) in [5, 5.41) is 12.1. The van der Waals surface area contributed by atoms with Crippen molar-refractivity contribution < 1.29 is 19.2 Å². The van der Waals surface area contributed by atoms with E-state index in [1.54, 1.807) is 6.08 Å². The third-order valence-electron chi connectivity index (χ3n) is 4.29. The molecule has 0 atom stereocenters. The third kappa shape index (κ3) is 6.87. The summed E-state index contributed by atoms with van der Waals surface area (Å²) in [6.45, 7) is 7.67. The zero-order valence-electron chi connectivity index (χ0n) is 15.4. The number of morpholine rings is 1. The number of hydrogen-bond acceptors (Lipinski definition) is 4. The molecule has 1 aromatic rings. The minimum Gasteiger partial charge on any atom is -0.494 e. The van der Waals surface area contributed by atoms with E-state index in [1.807, 2.05) is 30.3 Å². The van der Waals surface area contributed by atoms with Gasteiger partial charge in [0.05, 0.1) is 32.9 Å². The average Bonchev–Trinajstić information content (AvgIpc) is 2.68. The Bertz CT molecular complexity index is 629. The maximum Gasteiger partial charge on any atom is 0.262 e. The Balaban J connectivity index is 1.83. The van der Waals surface area contributed by atoms with Gasteiger partial charge in [-0.3, -0.25) is 4.79 Å². The highest BCUT2D eigenvalue weighted by molar-refractivity contribution is 6.01. The van der Waals surface area contributed by atoms with Crippen molar-refractivity contribution in [3.63, 3.8) is 0 Å². The highest BCUT2D eigenvalue weighted by Gasteiger charge is 2.14. The molecule has 6 heteroatoms. The summed E-state index contributed by atoms with van der Waals surface area (Å²) in [5.41, 5.74) is 0.917. The first-order chi connectivity index (χ1) is 12.7. The molecular formula is C20H28N3O3+. The molecule has 0 bridgehead atoms. The molecule has 26 heavy (non-hydrogen) atoms. The standard InChI is InChI=1S/C20H27N3O3/c1-2-3-12-26-19-6-4-17(5-7-19)15-18(16-21)20(24)22-8-9-23-10-13-25-14-11-23/h4-7,15H,2-3,8-14H2,1H3,(H,22,24)/p+1/b18-15+. The number of carbonyl (C=O) groups excluding carboxylic acids is 1. The minimum atomic E-state index is -0.330. The van der Waals surface area contributed by atoms with Crippen molar-refractivity contribution in [1.29, 1.82) is 5.26 Å². The van der Waals surface area contributed by atoms with Gasteiger partial charge in [-0.1, -0.05) is 25.5 Å². The summed E-state index contributed by atoms with van der Waals surface area (Å²) in [6.07, 6.45) is 3.72. The second-order valence-corrected chi connectivity index (χ2v) is 6.31. The minimum absolute atomic E-state index is 0.113. The summed E-state index contributed by atoms with van der Waals surface area (Å²) < 4.78 is 10.9. The first-order valence-electron chi connectivity index (χ1n) is 9.27. The largest absolute Gasteiger partial charge is 0.494 e. The van der Waals surface area contributed by atoms with E-state index < -0.39 is 0 Å². The van der Waals surface area contributed by atoms with Crippen molar-refractivity contribution in [3.8, 4) is 11.8 Å². The molecular weight excluding hydrogens is 330 g/mol. The normalized spacial score (nSPS) is 15.3. The average molecular weight is 358 g/mol. The molecule has 1 aliphatic heterocycles. The van der Waals surface area contributed by atoms with Crippen LogP contribution in [0.1, 0.15) is 25.3 Å². The lowest BCUT2D eigenvalue weighted by molar-refractivity contribution is -0.906. The molecule has 0 aromatic heterocycles. The van der Waals surface area contributed by atoms with Gasteiger partial charge in [0.2, 0.25) is 0 Å². The van der Waals surface area contributed by atoms with Crippen LogP contribution in [-0.2, 0) is 9.53 Å². The number of nitrogens with one attached hydrogen (secondary N) is 2. The van der Waals surface area contributed by atoms with Crippen LogP contribution in [0.25, 0.3) is 6.08 Å². The summed E-state index contributed by atoms with van der Waals surface area (Å²) in [4.78, 5) is 13.6. The topological polar surface area (TPSA) is 75.8 Å². The predicted molar refractivity (Wildman–Crippen MR) is 99.8 cm³/mol. The van der Waals surface area contributed by atoms with Gasteiger partial charge >= 0.3 is 0 Å². The number of hydrogen-bond donors (Lipinski definition) is 2. The maximum absolute atomic E-state index is 12.2. The molecule has 0 saturated carbocycles. The SMILES string of the molecule is CCCCOc1ccc(/C=C(\C#N)C(=O)NCC[NH+]2CCOCC2)cc1. The molecule has 1 fully saturated rings. The van der Waals surface area contributed by atoms with Crippen molar-refractivity contribution >= 4 is 12.0 Å². The van der Waals surface area contributed by atoms with Crippen LogP contribution < -0.4 is 15.0 Å². The molecule has 1 heterocycles. The number of carbonyl (C=O) groups is 1. The van der Waals surface area contributed by atoms with Gasteiger partial charge in [0.1, 0.15) is 30.5 Å². The Morgan fingerprint density at radius 1 is 1.35 bits per heavy atom. The number of nitriles is 1. The highest BCUT2D eigenvalue weighted by Crippen LogP contribution is 2.15. The third-order valence-corrected chi connectivity index (χ3v) is 4.29. The molecule has 140 valence electrons. The predicted octanol–water partition coefficient (Wildman–Crippen LogP) is 0.804. The van der Waals surface area contributed by atoms with E-state index >= 15 is 0 Å². The second kappa shape index (κ2) is 11.3. The van der Waals surface area contributed by atoms with E-state index in [9.17, 15) is 10.1 Å². The molecule has 2 N–H and O–H groups in total. The van der Waals surface area contributed by atoms with Crippen molar-refractivity contribution in [2.75, 3.05) is 46.0 Å². The first kappa shape index (κ1) is 20.0. The molecule has 2 rings (SSSR count). The molecule has 0 aliphatic carbocycles. The van der Waals surface area contributed by atoms with Gasteiger partial charge in [0.15, 0.2) is 0 Å². The molecule has 1 aliphatic rings. The van der Waals surface area contributed by atoms with Crippen molar-refractivity contribution in [1.82, 2.24) is 5.32 Å². The van der Waals surface area contributed by atoms with Crippen molar-refractivity contribution in [2.24, 2.45) is 0 Å². The summed E-state index contributed by atoms with van der Waals surface area (Å²) in [5.74, 6) is 0.468. The Morgan fingerprint density at radius 2 is 2.08 bits per heavy atom. The number of quaternary nitrogens is 1. The molecule has 0 unspecified atom stereocenters. The molecule has 6 nitrogen and oxygen atoms in total. The van der Waals surface area contributed by atoms with Gasteiger partial charge in [-0.2, -0.15) is 5.26 Å².